The number of rotatable bonds is 2. The third kappa shape index (κ3) is 3.64. The van der Waals surface area contributed by atoms with Gasteiger partial charge in [-0.2, -0.15) is 0 Å². The van der Waals surface area contributed by atoms with Crippen LogP contribution in [0.2, 0.25) is 0 Å². The van der Waals surface area contributed by atoms with Gasteiger partial charge in [0.1, 0.15) is 0 Å². The van der Waals surface area contributed by atoms with E-state index >= 15 is 0 Å². The van der Waals surface area contributed by atoms with Gasteiger partial charge in [-0.15, -0.1) is 12.4 Å². The molecule has 2 N–H and O–H groups in total. The normalized spacial score (nSPS) is 15.0. The van der Waals surface area contributed by atoms with Crippen LogP contribution in [0.5, 0.6) is 0 Å². The minimum atomic E-state index is -0.431. The molecule has 0 spiro atoms. The second-order valence-electron chi connectivity index (χ2n) is 8.46. The Hall–Kier alpha value is -3.08. The molecule has 0 aromatic heterocycles. The number of benzene rings is 4. The number of carbonyl (C=O) groups excluding carboxylic acids is 1. The highest BCUT2D eigenvalue weighted by atomic mass is 35.5. The summed E-state index contributed by atoms with van der Waals surface area (Å²) in [7, 11) is 0. The van der Waals surface area contributed by atoms with Gasteiger partial charge in [0.15, 0.2) is 0 Å². The highest BCUT2D eigenvalue weighted by Gasteiger charge is 2.22. The van der Waals surface area contributed by atoms with Crippen LogP contribution in [0.25, 0.3) is 27.1 Å². The van der Waals surface area contributed by atoms with Crippen molar-refractivity contribution in [3.63, 3.8) is 0 Å². The summed E-state index contributed by atoms with van der Waals surface area (Å²) in [5, 5.41) is 4.95. The van der Waals surface area contributed by atoms with Crippen LogP contribution >= 0.6 is 24.4 Å². The van der Waals surface area contributed by atoms with Crippen molar-refractivity contribution in [2.75, 3.05) is 0 Å². The summed E-state index contributed by atoms with van der Waals surface area (Å²) in [6.07, 6.45) is 6.51. The van der Waals surface area contributed by atoms with Gasteiger partial charge < -0.3 is 5.73 Å². The van der Waals surface area contributed by atoms with Crippen LogP contribution in [0.3, 0.4) is 0 Å². The molecule has 0 saturated heterocycles. The second kappa shape index (κ2) is 8.69. The minimum absolute atomic E-state index is 0. The molecule has 3 nitrogen and oxygen atoms in total. The molecule has 5 heteroatoms. The maximum atomic E-state index is 12.4. The van der Waals surface area contributed by atoms with Crippen molar-refractivity contribution in [3.05, 3.63) is 95.1 Å². The SMILES string of the molecule is Cl.NC(=O)C1=CC(c2cc3ccccc3c3ccc4c(c23)CCCC4)=NSc2ccccc21. The van der Waals surface area contributed by atoms with E-state index in [0.717, 1.165) is 34.6 Å². The molecule has 1 aliphatic carbocycles. The molecule has 33 heavy (non-hydrogen) atoms. The zero-order valence-corrected chi connectivity index (χ0v) is 19.6. The fraction of sp³-hybridized carbons (Fsp3) is 0.143. The van der Waals surface area contributed by atoms with Crippen LogP contribution in [0.15, 0.2) is 82.1 Å². The van der Waals surface area contributed by atoms with E-state index in [0.29, 0.717) is 5.57 Å². The van der Waals surface area contributed by atoms with Crippen LogP contribution < -0.4 is 5.73 Å². The van der Waals surface area contributed by atoms with E-state index in [1.54, 1.807) is 0 Å². The first kappa shape index (κ1) is 21.7. The van der Waals surface area contributed by atoms with Crippen molar-refractivity contribution in [3.8, 4) is 0 Å². The van der Waals surface area contributed by atoms with Gasteiger partial charge in [0.05, 0.1) is 5.71 Å². The number of nitrogens with zero attached hydrogens (tertiary/aromatic N) is 1. The molecular formula is C28H23ClN2OS. The third-order valence-electron chi connectivity index (χ3n) is 6.59. The lowest BCUT2D eigenvalue weighted by Crippen LogP contribution is -2.15. The summed E-state index contributed by atoms with van der Waals surface area (Å²) in [6.45, 7) is 0. The molecule has 0 radical (unpaired) electrons. The molecule has 164 valence electrons. The molecule has 1 aliphatic heterocycles. The quantitative estimate of drug-likeness (QED) is 0.262. The van der Waals surface area contributed by atoms with E-state index in [-0.39, 0.29) is 12.4 Å². The molecule has 4 aromatic rings. The summed E-state index contributed by atoms with van der Waals surface area (Å²) in [5.41, 5.74) is 11.9. The fourth-order valence-corrected chi connectivity index (χ4v) is 5.86. The topological polar surface area (TPSA) is 55.5 Å². The number of primary amides is 1. The van der Waals surface area contributed by atoms with E-state index in [2.05, 4.69) is 42.5 Å². The predicted octanol–water partition coefficient (Wildman–Crippen LogP) is 6.67. The van der Waals surface area contributed by atoms with Crippen LogP contribution in [-0.4, -0.2) is 11.6 Å². The van der Waals surface area contributed by atoms with Crippen LogP contribution in [0.4, 0.5) is 0 Å². The molecule has 4 aromatic carbocycles. The van der Waals surface area contributed by atoms with Gasteiger partial charge >= 0.3 is 0 Å². The average molecular weight is 471 g/mol. The van der Waals surface area contributed by atoms with Crippen LogP contribution in [0, 0.1) is 0 Å². The Morgan fingerprint density at radius 1 is 0.879 bits per heavy atom. The summed E-state index contributed by atoms with van der Waals surface area (Å²) < 4.78 is 4.92. The van der Waals surface area contributed by atoms with E-state index in [1.165, 1.54) is 57.5 Å². The van der Waals surface area contributed by atoms with E-state index in [1.807, 2.05) is 30.3 Å². The van der Waals surface area contributed by atoms with E-state index < -0.39 is 5.91 Å². The van der Waals surface area contributed by atoms with Crippen molar-refractivity contribution >= 4 is 63.1 Å². The standard InChI is InChI=1S/C28H22N2OS.ClH/c29-28(31)23-16-25(30-32-26-12-6-5-11-21(23)26)24-15-18-8-2-3-9-19(18)22-14-13-17-7-1-4-10-20(17)27(22)24;/h2-3,5-6,8-9,11-16H,1,4,7,10H2,(H2,29,31);1H. The average Bonchev–Trinajstić information content (AvgIpc) is 3.03. The first-order valence-corrected chi connectivity index (χ1v) is 11.8. The minimum Gasteiger partial charge on any atom is -0.366 e. The van der Waals surface area contributed by atoms with Crippen LogP contribution in [0.1, 0.15) is 35.1 Å². The second-order valence-corrected chi connectivity index (χ2v) is 9.27. The highest BCUT2D eigenvalue weighted by molar-refractivity contribution is 7.98. The van der Waals surface area contributed by atoms with Gasteiger partial charge in [-0.05, 0) is 76.6 Å². The Morgan fingerprint density at radius 2 is 1.67 bits per heavy atom. The van der Waals surface area contributed by atoms with E-state index in [4.69, 9.17) is 10.1 Å². The van der Waals surface area contributed by atoms with Gasteiger partial charge in [-0.3, -0.25) is 4.79 Å². The van der Waals surface area contributed by atoms with Gasteiger partial charge in [-0.25, -0.2) is 4.40 Å². The van der Waals surface area contributed by atoms with Crippen molar-refractivity contribution in [1.82, 2.24) is 0 Å². The molecule has 2 aliphatic rings. The zero-order chi connectivity index (χ0) is 21.7. The van der Waals surface area contributed by atoms with Crippen molar-refractivity contribution in [1.29, 1.82) is 0 Å². The summed E-state index contributed by atoms with van der Waals surface area (Å²) in [4.78, 5) is 13.4. The Labute approximate surface area is 203 Å². The molecule has 0 fully saturated rings. The first-order chi connectivity index (χ1) is 15.7. The first-order valence-electron chi connectivity index (χ1n) is 11.0. The largest absolute Gasteiger partial charge is 0.366 e. The molecule has 6 rings (SSSR count). The number of allylic oxidation sites excluding steroid dienone is 1. The fourth-order valence-electron chi connectivity index (χ4n) is 5.10. The Morgan fingerprint density at radius 3 is 2.55 bits per heavy atom. The summed E-state index contributed by atoms with van der Waals surface area (Å²) in [6, 6.07) is 23.1. The monoisotopic (exact) mass is 470 g/mol. The molecule has 0 bridgehead atoms. The van der Waals surface area contributed by atoms with Gasteiger partial charge in [0.25, 0.3) is 0 Å². The van der Waals surface area contributed by atoms with E-state index in [9.17, 15) is 4.79 Å². The number of amides is 1. The lowest BCUT2D eigenvalue weighted by Gasteiger charge is -2.21. The van der Waals surface area contributed by atoms with Gasteiger partial charge in [0.2, 0.25) is 5.91 Å². The summed E-state index contributed by atoms with van der Waals surface area (Å²) >= 11 is 1.41. The van der Waals surface area contributed by atoms with Gasteiger partial charge in [-0.1, -0.05) is 54.6 Å². The molecule has 1 heterocycles. The Balaban J connectivity index is 0.00000228. The number of halogens is 1. The molecule has 0 saturated carbocycles. The Kier molecular flexibility index (Phi) is 5.73. The lowest BCUT2D eigenvalue weighted by molar-refractivity contribution is -0.112. The zero-order valence-electron chi connectivity index (χ0n) is 18.0. The van der Waals surface area contributed by atoms with Crippen molar-refractivity contribution in [2.24, 2.45) is 10.1 Å². The maximum absolute atomic E-state index is 12.4. The lowest BCUT2D eigenvalue weighted by atomic mass is 9.83. The highest BCUT2D eigenvalue weighted by Crippen LogP contribution is 2.39. The molecule has 0 unspecified atom stereocenters. The number of hydrogen-bond donors (Lipinski definition) is 1. The maximum Gasteiger partial charge on any atom is 0.249 e. The van der Waals surface area contributed by atoms with Crippen LogP contribution in [-0.2, 0) is 17.6 Å². The number of hydrogen-bond acceptors (Lipinski definition) is 3. The van der Waals surface area contributed by atoms with Crippen molar-refractivity contribution in [2.45, 2.75) is 30.6 Å². The number of nitrogens with two attached hydrogens (primary N) is 1. The Bertz CT molecular complexity index is 1490. The van der Waals surface area contributed by atoms with Crippen molar-refractivity contribution < 1.29 is 4.79 Å². The molecule has 0 atom stereocenters. The molecule has 1 amide bonds. The summed E-state index contributed by atoms with van der Waals surface area (Å²) in [5.74, 6) is -0.431. The molecular weight excluding hydrogens is 448 g/mol. The number of carbonyl (C=O) groups is 1. The van der Waals surface area contributed by atoms with Gasteiger partial charge in [0, 0.05) is 33.5 Å². The predicted molar refractivity (Wildman–Crippen MR) is 141 cm³/mol. The third-order valence-corrected chi connectivity index (χ3v) is 7.44. The number of aryl methyl sites for hydroxylation is 2. The number of fused-ring (bicyclic) bond motifs is 6. The smallest absolute Gasteiger partial charge is 0.249 e.